The SMILES string of the molecule is O=S(O)O.O=[N+]([O-])c1cccc(-c2nc3ccccc3s2)c1[N+](=O)[O-]. The number of nitrogens with zero attached hydrogens (tertiary/aromatic N) is 3. The molecule has 1 aromatic heterocycles. The summed E-state index contributed by atoms with van der Waals surface area (Å²) in [6, 6.07) is 11.3. The topological polar surface area (TPSA) is 157 Å². The lowest BCUT2D eigenvalue weighted by molar-refractivity contribution is -0.422. The minimum absolute atomic E-state index is 0.162. The quantitative estimate of drug-likeness (QED) is 0.395. The average molecular weight is 383 g/mol. The molecule has 0 unspecified atom stereocenters. The number of aromatic nitrogens is 1. The van der Waals surface area contributed by atoms with Gasteiger partial charge in [-0.25, -0.2) is 4.98 Å². The summed E-state index contributed by atoms with van der Waals surface area (Å²) in [7, 11) is 0. The number of para-hydroxylation sites is 2. The van der Waals surface area contributed by atoms with Crippen molar-refractivity contribution < 1.29 is 23.2 Å². The molecule has 3 aromatic rings. The first-order valence-corrected chi connectivity index (χ1v) is 8.27. The molecular weight excluding hydrogens is 374 g/mol. The highest BCUT2D eigenvalue weighted by Crippen LogP contribution is 2.40. The molecule has 0 saturated heterocycles. The lowest BCUT2D eigenvalue weighted by atomic mass is 10.1. The van der Waals surface area contributed by atoms with Crippen LogP contribution in [0.4, 0.5) is 11.4 Å². The standard InChI is InChI=1S/C13H7N3O4S.H2O3S/c17-15(18)10-6-3-4-8(12(10)16(19)20)13-14-9-5-1-2-7-11(9)21-13;1-4(2)3/h1-7H;(H2,1,2,3). The highest BCUT2D eigenvalue weighted by molar-refractivity contribution is 7.73. The predicted molar refractivity (Wildman–Crippen MR) is 91.8 cm³/mol. The number of nitro groups is 2. The molecule has 130 valence electrons. The van der Waals surface area contributed by atoms with Gasteiger partial charge in [-0.1, -0.05) is 18.2 Å². The van der Waals surface area contributed by atoms with Gasteiger partial charge in [-0.15, -0.1) is 11.3 Å². The Balaban J connectivity index is 0.000000511. The predicted octanol–water partition coefficient (Wildman–Crippen LogP) is 3.46. The fourth-order valence-electron chi connectivity index (χ4n) is 2.03. The van der Waals surface area contributed by atoms with E-state index < -0.39 is 32.6 Å². The second-order valence-corrected chi connectivity index (χ2v) is 5.90. The number of hydrogen-bond donors (Lipinski definition) is 2. The molecule has 10 nitrogen and oxygen atoms in total. The first-order valence-electron chi connectivity index (χ1n) is 6.39. The second-order valence-electron chi connectivity index (χ2n) is 4.40. The molecular formula is C13H9N3O7S2. The van der Waals surface area contributed by atoms with Gasteiger partial charge in [0.2, 0.25) is 0 Å². The third-order valence-corrected chi connectivity index (χ3v) is 3.99. The summed E-state index contributed by atoms with van der Waals surface area (Å²) in [5.74, 6) is 0. The first-order chi connectivity index (χ1) is 11.8. The van der Waals surface area contributed by atoms with Crippen LogP contribution in [-0.2, 0) is 11.4 Å². The molecule has 0 bridgehead atoms. The fraction of sp³-hybridized carbons (Fsp3) is 0. The molecule has 0 aliphatic rings. The van der Waals surface area contributed by atoms with Gasteiger partial charge in [0.05, 0.1) is 25.6 Å². The minimum Gasteiger partial charge on any atom is -0.284 e. The van der Waals surface area contributed by atoms with Crippen LogP contribution in [0.25, 0.3) is 20.8 Å². The number of nitro benzene ring substituents is 2. The van der Waals surface area contributed by atoms with E-state index >= 15 is 0 Å². The van der Waals surface area contributed by atoms with Crippen molar-refractivity contribution in [2.24, 2.45) is 0 Å². The molecule has 0 saturated carbocycles. The molecule has 12 heteroatoms. The zero-order chi connectivity index (χ0) is 18.6. The van der Waals surface area contributed by atoms with E-state index in [0.29, 0.717) is 10.5 Å². The Morgan fingerprint density at radius 2 is 1.64 bits per heavy atom. The number of thiazole rings is 1. The van der Waals surface area contributed by atoms with Gasteiger partial charge in [-0.3, -0.25) is 29.3 Å². The van der Waals surface area contributed by atoms with E-state index in [1.165, 1.54) is 23.5 Å². The van der Waals surface area contributed by atoms with Crippen molar-refractivity contribution >= 4 is 44.3 Å². The largest absolute Gasteiger partial charge is 0.356 e. The molecule has 0 amide bonds. The lowest BCUT2D eigenvalue weighted by Crippen LogP contribution is -1.98. The van der Waals surface area contributed by atoms with E-state index in [-0.39, 0.29) is 5.56 Å². The number of fused-ring (bicyclic) bond motifs is 1. The first kappa shape index (κ1) is 18.5. The van der Waals surface area contributed by atoms with Crippen LogP contribution < -0.4 is 0 Å². The van der Waals surface area contributed by atoms with Crippen molar-refractivity contribution in [1.29, 1.82) is 0 Å². The van der Waals surface area contributed by atoms with E-state index in [0.717, 1.165) is 10.8 Å². The number of hydrogen-bond acceptors (Lipinski definition) is 7. The lowest BCUT2D eigenvalue weighted by Gasteiger charge is -1.99. The Morgan fingerprint density at radius 3 is 2.20 bits per heavy atom. The van der Waals surface area contributed by atoms with Gasteiger partial charge in [0, 0.05) is 6.07 Å². The molecule has 0 aliphatic heterocycles. The molecule has 2 N–H and O–H groups in total. The summed E-state index contributed by atoms with van der Waals surface area (Å²) in [4.78, 5) is 25.0. The summed E-state index contributed by atoms with van der Waals surface area (Å²) in [6.45, 7) is 0. The maximum absolute atomic E-state index is 11.2. The summed E-state index contributed by atoms with van der Waals surface area (Å²) in [5, 5.41) is 22.6. The van der Waals surface area contributed by atoms with Crippen molar-refractivity contribution in [3.05, 3.63) is 62.7 Å². The van der Waals surface area contributed by atoms with Gasteiger partial charge in [-0.2, -0.15) is 4.21 Å². The van der Waals surface area contributed by atoms with E-state index in [9.17, 15) is 20.2 Å². The Kier molecular flexibility index (Phi) is 5.82. The van der Waals surface area contributed by atoms with Crippen LogP contribution in [0.2, 0.25) is 0 Å². The van der Waals surface area contributed by atoms with Gasteiger partial charge in [0.25, 0.3) is 11.4 Å². The van der Waals surface area contributed by atoms with E-state index in [2.05, 4.69) is 4.98 Å². The Labute approximate surface area is 146 Å². The van der Waals surface area contributed by atoms with Gasteiger partial charge in [0.1, 0.15) is 5.01 Å². The van der Waals surface area contributed by atoms with Crippen LogP contribution in [0.5, 0.6) is 0 Å². The van der Waals surface area contributed by atoms with Crippen LogP contribution in [0.15, 0.2) is 42.5 Å². The van der Waals surface area contributed by atoms with Crippen molar-refractivity contribution in [3.63, 3.8) is 0 Å². The summed E-state index contributed by atoms with van der Waals surface area (Å²) >= 11 is -1.35. The Bertz CT molecular complexity index is 936. The smallest absolute Gasteiger partial charge is 0.284 e. The molecule has 0 spiro atoms. The van der Waals surface area contributed by atoms with E-state index in [4.69, 9.17) is 13.3 Å². The van der Waals surface area contributed by atoms with Crippen LogP contribution in [0.1, 0.15) is 0 Å². The third kappa shape index (κ3) is 4.39. The highest BCUT2D eigenvalue weighted by atomic mass is 32.2. The monoisotopic (exact) mass is 383 g/mol. The van der Waals surface area contributed by atoms with Gasteiger partial charge in [-0.05, 0) is 18.2 Å². The van der Waals surface area contributed by atoms with E-state index in [1.807, 2.05) is 18.2 Å². The molecule has 0 atom stereocenters. The van der Waals surface area contributed by atoms with Gasteiger partial charge < -0.3 is 0 Å². The van der Waals surface area contributed by atoms with Crippen LogP contribution >= 0.6 is 11.3 Å². The molecule has 3 rings (SSSR count). The maximum Gasteiger partial charge on any atom is 0.356 e. The summed E-state index contributed by atoms with van der Waals surface area (Å²) in [6.07, 6.45) is 0. The zero-order valence-electron chi connectivity index (χ0n) is 12.1. The van der Waals surface area contributed by atoms with Gasteiger partial charge in [0.15, 0.2) is 0 Å². The molecule has 0 fully saturated rings. The van der Waals surface area contributed by atoms with Crippen molar-refractivity contribution in [2.75, 3.05) is 0 Å². The fourth-order valence-corrected chi connectivity index (χ4v) is 3.02. The summed E-state index contributed by atoms with van der Waals surface area (Å²) < 4.78 is 23.7. The van der Waals surface area contributed by atoms with Crippen molar-refractivity contribution in [2.45, 2.75) is 0 Å². The van der Waals surface area contributed by atoms with Crippen LogP contribution in [0, 0.1) is 20.2 Å². The average Bonchev–Trinajstić information content (AvgIpc) is 2.97. The molecule has 1 heterocycles. The van der Waals surface area contributed by atoms with E-state index in [1.54, 1.807) is 6.07 Å². The zero-order valence-corrected chi connectivity index (χ0v) is 13.8. The Hall–Kier alpha value is -2.80. The highest BCUT2D eigenvalue weighted by Gasteiger charge is 2.30. The molecule has 2 aromatic carbocycles. The maximum atomic E-state index is 11.2. The Morgan fingerprint density at radius 1 is 1.00 bits per heavy atom. The second kappa shape index (κ2) is 7.85. The van der Waals surface area contributed by atoms with Crippen molar-refractivity contribution in [1.82, 2.24) is 4.98 Å². The van der Waals surface area contributed by atoms with Crippen LogP contribution in [0.3, 0.4) is 0 Å². The number of rotatable bonds is 3. The molecule has 0 aliphatic carbocycles. The molecule has 25 heavy (non-hydrogen) atoms. The number of benzene rings is 2. The summed E-state index contributed by atoms with van der Waals surface area (Å²) in [5.41, 5.74) is -0.188. The third-order valence-electron chi connectivity index (χ3n) is 2.92. The minimum atomic E-state index is -2.61. The van der Waals surface area contributed by atoms with Gasteiger partial charge >= 0.3 is 11.4 Å². The van der Waals surface area contributed by atoms with Crippen LogP contribution in [-0.4, -0.2) is 28.1 Å². The van der Waals surface area contributed by atoms with Crippen molar-refractivity contribution in [3.8, 4) is 10.6 Å². The molecule has 0 radical (unpaired) electrons. The normalized spacial score (nSPS) is 10.4.